The summed E-state index contributed by atoms with van der Waals surface area (Å²) in [7, 11) is 0. The summed E-state index contributed by atoms with van der Waals surface area (Å²) < 4.78 is 21.1. The Balaban J connectivity index is 1.41. The average molecular weight is 575 g/mol. The lowest BCUT2D eigenvalue weighted by molar-refractivity contribution is -0.121. The molecule has 0 bridgehead atoms. The Hall–Kier alpha value is -5.06. The second-order valence-corrected chi connectivity index (χ2v) is 11.2. The fourth-order valence-corrected chi connectivity index (χ4v) is 4.72. The maximum atomic E-state index is 14.2. The first kappa shape index (κ1) is 28.5. The third kappa shape index (κ3) is 6.46. The lowest BCUT2D eigenvalue weighted by Gasteiger charge is -2.30. The van der Waals surface area contributed by atoms with Crippen molar-refractivity contribution in [2.45, 2.75) is 70.4 Å². The summed E-state index contributed by atoms with van der Waals surface area (Å²) >= 11 is 0. The molecular formula is C28H31FN10O3. The van der Waals surface area contributed by atoms with Crippen molar-refractivity contribution >= 4 is 40.5 Å². The summed E-state index contributed by atoms with van der Waals surface area (Å²) in [5, 5.41) is 29.6. The standard InChI is InChI=1S/C28H31FN10O3/c1-28(2,3)22-13-24(38-42-22)35-20-12-23(33-16-4-6-17(7-5-16)34-25(40)8-10-30)37-39-21(15-32-26(20)39)27(41)36-19-9-11-31-14-18(19)29/h9,11-17H,4-8H2,1-3H3,(H,33,37)(H,34,40)(H,35,38)(H,31,36,41). The van der Waals surface area contributed by atoms with Crippen LogP contribution in [0.2, 0.25) is 0 Å². The zero-order valence-corrected chi connectivity index (χ0v) is 23.4. The predicted octanol–water partition coefficient (Wildman–Crippen LogP) is 4.30. The van der Waals surface area contributed by atoms with Crippen molar-refractivity contribution in [1.82, 2.24) is 30.1 Å². The number of pyridine rings is 1. The molecule has 0 spiro atoms. The number of rotatable bonds is 8. The highest BCUT2D eigenvalue weighted by molar-refractivity contribution is 6.03. The molecule has 2 amide bonds. The number of amides is 2. The van der Waals surface area contributed by atoms with Gasteiger partial charge in [-0.3, -0.25) is 14.6 Å². The van der Waals surface area contributed by atoms with Crippen LogP contribution >= 0.6 is 0 Å². The van der Waals surface area contributed by atoms with Gasteiger partial charge in [0.25, 0.3) is 5.91 Å². The van der Waals surface area contributed by atoms with E-state index in [1.165, 1.54) is 23.0 Å². The van der Waals surface area contributed by atoms with Crippen molar-refractivity contribution in [3.63, 3.8) is 0 Å². The molecule has 0 atom stereocenters. The first-order valence-corrected chi connectivity index (χ1v) is 13.6. The van der Waals surface area contributed by atoms with Crippen molar-refractivity contribution < 1.29 is 18.5 Å². The molecule has 13 nitrogen and oxygen atoms in total. The monoisotopic (exact) mass is 574 g/mol. The minimum absolute atomic E-state index is 0.0123. The highest BCUT2D eigenvalue weighted by atomic mass is 19.1. The van der Waals surface area contributed by atoms with Gasteiger partial charge in [0.1, 0.15) is 18.0 Å². The van der Waals surface area contributed by atoms with Crippen LogP contribution in [0.1, 0.15) is 69.1 Å². The highest BCUT2D eigenvalue weighted by Crippen LogP contribution is 2.30. The fraction of sp³-hybridized carbons (Fsp3) is 0.393. The van der Waals surface area contributed by atoms with Gasteiger partial charge in [-0.05, 0) is 31.7 Å². The molecule has 0 unspecified atom stereocenters. The van der Waals surface area contributed by atoms with Crippen LogP contribution in [0.5, 0.6) is 0 Å². The third-order valence-electron chi connectivity index (χ3n) is 6.92. The summed E-state index contributed by atoms with van der Waals surface area (Å²) in [5.74, 6) is 0.0847. The number of nitrogens with zero attached hydrogens (tertiary/aromatic N) is 6. The van der Waals surface area contributed by atoms with Gasteiger partial charge >= 0.3 is 0 Å². The van der Waals surface area contributed by atoms with Crippen LogP contribution in [0.25, 0.3) is 5.65 Å². The number of carbonyl (C=O) groups is 2. The van der Waals surface area contributed by atoms with Gasteiger partial charge in [0.2, 0.25) is 5.91 Å². The summed E-state index contributed by atoms with van der Waals surface area (Å²) in [6.07, 6.45) is 6.61. The smallest absolute Gasteiger partial charge is 0.276 e. The van der Waals surface area contributed by atoms with Gasteiger partial charge < -0.3 is 25.8 Å². The van der Waals surface area contributed by atoms with E-state index in [1.54, 1.807) is 12.1 Å². The van der Waals surface area contributed by atoms with E-state index < -0.39 is 11.7 Å². The summed E-state index contributed by atoms with van der Waals surface area (Å²) in [6, 6.07) is 6.87. The van der Waals surface area contributed by atoms with Crippen LogP contribution in [0.4, 0.5) is 27.4 Å². The Morgan fingerprint density at radius 2 is 1.88 bits per heavy atom. The maximum Gasteiger partial charge on any atom is 0.276 e. The van der Waals surface area contributed by atoms with Crippen LogP contribution in [-0.2, 0) is 10.2 Å². The van der Waals surface area contributed by atoms with E-state index in [9.17, 15) is 14.0 Å². The molecule has 14 heteroatoms. The zero-order chi connectivity index (χ0) is 29.9. The van der Waals surface area contributed by atoms with Gasteiger partial charge in [-0.15, -0.1) is 5.10 Å². The van der Waals surface area contributed by atoms with Gasteiger partial charge in [0, 0.05) is 35.8 Å². The molecule has 4 aromatic heterocycles. The van der Waals surface area contributed by atoms with E-state index in [0.29, 0.717) is 28.7 Å². The molecule has 4 N–H and O–H groups in total. The molecule has 4 heterocycles. The van der Waals surface area contributed by atoms with E-state index in [1.807, 2.05) is 26.8 Å². The number of aromatic nitrogens is 5. The van der Waals surface area contributed by atoms with Gasteiger partial charge in [-0.25, -0.2) is 13.9 Å². The average Bonchev–Trinajstić information content (AvgIpc) is 3.59. The van der Waals surface area contributed by atoms with Crippen LogP contribution < -0.4 is 21.3 Å². The summed E-state index contributed by atoms with van der Waals surface area (Å²) in [4.78, 5) is 33.1. The molecule has 4 aromatic rings. The molecule has 1 aliphatic carbocycles. The Morgan fingerprint density at radius 1 is 1.12 bits per heavy atom. The number of anilines is 4. The van der Waals surface area contributed by atoms with Gasteiger partial charge in [-0.1, -0.05) is 25.9 Å². The van der Waals surface area contributed by atoms with E-state index in [0.717, 1.165) is 31.9 Å². The largest absolute Gasteiger partial charge is 0.366 e. The molecule has 42 heavy (non-hydrogen) atoms. The van der Waals surface area contributed by atoms with Gasteiger partial charge in [0.05, 0.1) is 29.8 Å². The first-order valence-electron chi connectivity index (χ1n) is 13.6. The molecule has 1 saturated carbocycles. The lowest BCUT2D eigenvalue weighted by atomic mass is 9.91. The topological polar surface area (TPSA) is 175 Å². The van der Waals surface area contributed by atoms with Gasteiger partial charge in [0.15, 0.2) is 23.0 Å². The minimum atomic E-state index is -0.669. The number of hydrogen-bond donors (Lipinski definition) is 4. The quantitative estimate of drug-likeness (QED) is 0.237. The zero-order valence-electron chi connectivity index (χ0n) is 23.4. The molecule has 0 saturated heterocycles. The number of imidazole rings is 1. The molecular weight excluding hydrogens is 543 g/mol. The van der Waals surface area contributed by atoms with E-state index >= 15 is 0 Å². The number of nitriles is 1. The van der Waals surface area contributed by atoms with E-state index in [2.05, 4.69) is 41.5 Å². The number of carbonyl (C=O) groups excluding carboxylic acids is 2. The first-order chi connectivity index (χ1) is 20.1. The third-order valence-corrected chi connectivity index (χ3v) is 6.92. The van der Waals surface area contributed by atoms with Crippen LogP contribution in [0.3, 0.4) is 0 Å². The number of hydrogen-bond acceptors (Lipinski definition) is 10. The highest BCUT2D eigenvalue weighted by Gasteiger charge is 2.25. The van der Waals surface area contributed by atoms with Crippen LogP contribution in [0, 0.1) is 17.1 Å². The Kier molecular flexibility index (Phi) is 8.01. The van der Waals surface area contributed by atoms with Crippen molar-refractivity contribution in [2.75, 3.05) is 16.0 Å². The molecule has 1 aliphatic rings. The Morgan fingerprint density at radius 3 is 2.57 bits per heavy atom. The predicted molar refractivity (Wildman–Crippen MR) is 152 cm³/mol. The minimum Gasteiger partial charge on any atom is -0.366 e. The van der Waals surface area contributed by atoms with Crippen LogP contribution in [0.15, 0.2) is 41.3 Å². The SMILES string of the molecule is CC(C)(C)c1cc(Nc2cc(NC3CCC(NC(=O)CC#N)CC3)nn3c(C(=O)Nc4ccncc4F)cnc23)no1. The Labute approximate surface area is 240 Å². The fourth-order valence-electron chi connectivity index (χ4n) is 4.72. The molecule has 0 radical (unpaired) electrons. The summed E-state index contributed by atoms with van der Waals surface area (Å²) in [6.45, 7) is 6.04. The van der Waals surface area contributed by atoms with Crippen molar-refractivity contribution in [1.29, 1.82) is 5.26 Å². The molecule has 0 aliphatic heterocycles. The number of nitrogens with one attached hydrogen (secondary N) is 4. The normalized spacial score (nSPS) is 16.9. The summed E-state index contributed by atoms with van der Waals surface area (Å²) in [5.41, 5.74) is 0.694. The van der Waals surface area contributed by atoms with Crippen molar-refractivity contribution in [2.24, 2.45) is 0 Å². The number of fused-ring (bicyclic) bond motifs is 1. The molecule has 218 valence electrons. The van der Waals surface area contributed by atoms with Crippen molar-refractivity contribution in [3.05, 3.63) is 54.1 Å². The number of halogens is 1. The van der Waals surface area contributed by atoms with Gasteiger partial charge in [-0.2, -0.15) is 5.26 Å². The maximum absolute atomic E-state index is 14.2. The van der Waals surface area contributed by atoms with Crippen LogP contribution in [-0.4, -0.2) is 48.6 Å². The van der Waals surface area contributed by atoms with Crippen molar-refractivity contribution in [3.8, 4) is 6.07 Å². The second-order valence-electron chi connectivity index (χ2n) is 11.2. The van der Waals surface area contributed by atoms with E-state index in [-0.39, 0.29) is 41.2 Å². The molecule has 1 fully saturated rings. The second kappa shape index (κ2) is 11.8. The van der Waals surface area contributed by atoms with E-state index in [4.69, 9.17) is 9.78 Å². The molecule has 0 aromatic carbocycles. The molecule has 5 rings (SSSR count). The lowest BCUT2D eigenvalue weighted by Crippen LogP contribution is -2.40. The Bertz CT molecular complexity index is 1640.